The molecule has 0 radical (unpaired) electrons. The first kappa shape index (κ1) is 39.7. The van der Waals surface area contributed by atoms with Crippen molar-refractivity contribution in [2.45, 2.75) is 6.92 Å². The summed E-state index contributed by atoms with van der Waals surface area (Å²) in [5, 5.41) is 2.45. The molecule has 2 aliphatic heterocycles. The molecule has 0 saturated heterocycles. The van der Waals surface area contributed by atoms with Crippen molar-refractivity contribution in [2.24, 2.45) is 0 Å². The van der Waals surface area contributed by atoms with Crippen LogP contribution in [0.1, 0.15) is 5.56 Å². The molecule has 0 amide bonds. The van der Waals surface area contributed by atoms with Crippen LogP contribution in [0.2, 0.25) is 0 Å². The Bertz CT molecular complexity index is 3680. The second-order valence-electron chi connectivity index (χ2n) is 18.1. The molecule has 3 heteroatoms. The normalized spacial score (nSPS) is 12.4. The fourth-order valence-electron chi connectivity index (χ4n) is 11.0. The van der Waals surface area contributed by atoms with E-state index in [1.807, 2.05) is 0 Å². The van der Waals surface area contributed by atoms with Gasteiger partial charge >= 0.3 is 0 Å². The largest absolute Gasteiger partial charge is 0.311 e. The minimum absolute atomic E-state index is 0.0568. The summed E-state index contributed by atoms with van der Waals surface area (Å²) in [7, 11) is 0. The summed E-state index contributed by atoms with van der Waals surface area (Å²) in [5.41, 5.74) is 24.1. The van der Waals surface area contributed by atoms with E-state index in [0.29, 0.717) is 0 Å². The molecule has 2 heterocycles. The molecule has 0 N–H and O–H groups in total. The van der Waals surface area contributed by atoms with Crippen molar-refractivity contribution < 1.29 is 0 Å². The molecular formula is C65H45BN2. The van der Waals surface area contributed by atoms with Crippen LogP contribution in [0.15, 0.2) is 255 Å². The third-order valence-electron chi connectivity index (χ3n) is 14.1. The minimum atomic E-state index is -0.0568. The summed E-state index contributed by atoms with van der Waals surface area (Å²) < 4.78 is 0. The Labute approximate surface area is 398 Å². The molecule has 13 rings (SSSR count). The van der Waals surface area contributed by atoms with Gasteiger partial charge in [0, 0.05) is 34.0 Å². The monoisotopic (exact) mass is 864 g/mol. The highest BCUT2D eigenvalue weighted by molar-refractivity contribution is 7.00. The molecule has 2 nitrogen and oxygen atoms in total. The third-order valence-corrected chi connectivity index (χ3v) is 14.1. The van der Waals surface area contributed by atoms with Crippen LogP contribution in [-0.2, 0) is 0 Å². The number of benzene rings is 11. The van der Waals surface area contributed by atoms with Crippen LogP contribution < -0.4 is 26.2 Å². The molecule has 0 saturated carbocycles. The Morgan fingerprint density at radius 2 is 0.721 bits per heavy atom. The molecule has 2 aliphatic rings. The van der Waals surface area contributed by atoms with Crippen LogP contribution >= 0.6 is 0 Å². The summed E-state index contributed by atoms with van der Waals surface area (Å²) in [6.45, 7) is 2.20. The summed E-state index contributed by atoms with van der Waals surface area (Å²) in [5.74, 6) is 0. The van der Waals surface area contributed by atoms with Crippen molar-refractivity contribution in [1.82, 2.24) is 0 Å². The summed E-state index contributed by atoms with van der Waals surface area (Å²) >= 11 is 0. The lowest BCUT2D eigenvalue weighted by Gasteiger charge is -2.45. The molecule has 0 aromatic heterocycles. The maximum Gasteiger partial charge on any atom is 0.252 e. The van der Waals surface area contributed by atoms with Gasteiger partial charge in [-0.1, -0.05) is 206 Å². The molecule has 0 unspecified atom stereocenters. The van der Waals surface area contributed by atoms with Crippen LogP contribution in [0.4, 0.5) is 34.1 Å². The van der Waals surface area contributed by atoms with Crippen molar-refractivity contribution in [2.75, 3.05) is 9.80 Å². The molecule has 318 valence electrons. The first-order chi connectivity index (χ1) is 33.6. The van der Waals surface area contributed by atoms with E-state index in [9.17, 15) is 0 Å². The van der Waals surface area contributed by atoms with E-state index in [4.69, 9.17) is 0 Å². The number of aryl methyl sites for hydroxylation is 1. The third kappa shape index (κ3) is 6.66. The van der Waals surface area contributed by atoms with Gasteiger partial charge in [-0.3, -0.25) is 0 Å². The van der Waals surface area contributed by atoms with Gasteiger partial charge in [-0.05, 0) is 138 Å². The van der Waals surface area contributed by atoms with Crippen LogP contribution in [0.5, 0.6) is 0 Å². The van der Waals surface area contributed by atoms with Crippen molar-refractivity contribution in [3.63, 3.8) is 0 Å². The molecule has 0 atom stereocenters. The first-order valence-electron chi connectivity index (χ1n) is 23.6. The lowest BCUT2D eigenvalue weighted by atomic mass is 9.33. The van der Waals surface area contributed by atoms with E-state index in [1.54, 1.807) is 0 Å². The zero-order chi connectivity index (χ0) is 45.1. The topological polar surface area (TPSA) is 6.48 Å². The fraction of sp³-hybridized carbons (Fsp3) is 0.0154. The van der Waals surface area contributed by atoms with Crippen molar-refractivity contribution in [1.29, 1.82) is 0 Å². The van der Waals surface area contributed by atoms with Gasteiger partial charge in [0.15, 0.2) is 0 Å². The quantitative estimate of drug-likeness (QED) is 0.147. The Kier molecular flexibility index (Phi) is 9.54. The fourth-order valence-corrected chi connectivity index (χ4v) is 11.0. The Hall–Kier alpha value is -8.66. The molecule has 68 heavy (non-hydrogen) atoms. The molecule has 0 spiro atoms. The summed E-state index contributed by atoms with van der Waals surface area (Å²) in [6.07, 6.45) is 0. The maximum atomic E-state index is 2.58. The van der Waals surface area contributed by atoms with Crippen molar-refractivity contribution >= 4 is 68.0 Å². The Morgan fingerprint density at radius 3 is 1.29 bits per heavy atom. The minimum Gasteiger partial charge on any atom is -0.311 e. The molecule has 11 aromatic rings. The molecule has 0 bridgehead atoms. The van der Waals surface area contributed by atoms with Gasteiger partial charge in [0.2, 0.25) is 0 Å². The number of hydrogen-bond donors (Lipinski definition) is 0. The molecule has 0 fully saturated rings. The van der Waals surface area contributed by atoms with E-state index < -0.39 is 0 Å². The maximum absolute atomic E-state index is 2.58. The highest BCUT2D eigenvalue weighted by atomic mass is 15.2. The molecule has 11 aromatic carbocycles. The zero-order valence-corrected chi connectivity index (χ0v) is 37.7. The van der Waals surface area contributed by atoms with Gasteiger partial charge in [-0.15, -0.1) is 0 Å². The van der Waals surface area contributed by atoms with Crippen LogP contribution in [0.3, 0.4) is 0 Å². The van der Waals surface area contributed by atoms with Crippen LogP contribution in [-0.4, -0.2) is 6.71 Å². The predicted octanol–water partition coefficient (Wildman–Crippen LogP) is 15.6. The number of anilines is 6. The average molecular weight is 865 g/mol. The van der Waals surface area contributed by atoms with Crippen molar-refractivity contribution in [3.05, 3.63) is 260 Å². The number of hydrogen-bond acceptors (Lipinski definition) is 2. The van der Waals surface area contributed by atoms with Crippen molar-refractivity contribution in [3.8, 4) is 55.6 Å². The lowest BCUT2D eigenvalue weighted by molar-refractivity contribution is 1.24. The second kappa shape index (κ2) is 16.3. The number of fused-ring (bicyclic) bond motifs is 5. The van der Waals surface area contributed by atoms with Gasteiger partial charge in [0.1, 0.15) is 0 Å². The van der Waals surface area contributed by atoms with E-state index in [-0.39, 0.29) is 6.71 Å². The SMILES string of the molecule is Cc1cc2c3c(c1)N(c1ccc(-c4ccccc4)cc1-c1cccc4ccccc14)c1ccc(-c4ccccc4)cc1B3c1cc(-c3ccccc3)ccc1N2c1ccc(-c2ccccc2)cc1. The second-order valence-corrected chi connectivity index (χ2v) is 18.1. The van der Waals surface area contributed by atoms with Gasteiger partial charge in [0.25, 0.3) is 6.71 Å². The lowest BCUT2D eigenvalue weighted by Crippen LogP contribution is -2.61. The van der Waals surface area contributed by atoms with Gasteiger partial charge in [0.05, 0.1) is 5.69 Å². The number of rotatable bonds is 7. The zero-order valence-electron chi connectivity index (χ0n) is 37.7. The van der Waals surface area contributed by atoms with Crippen LogP contribution in [0.25, 0.3) is 66.4 Å². The highest BCUT2D eigenvalue weighted by Gasteiger charge is 2.44. The van der Waals surface area contributed by atoms with E-state index in [0.717, 1.165) is 11.4 Å². The Balaban J connectivity index is 1.11. The Morgan fingerprint density at radius 1 is 0.294 bits per heavy atom. The smallest absolute Gasteiger partial charge is 0.252 e. The predicted molar refractivity (Wildman–Crippen MR) is 290 cm³/mol. The average Bonchev–Trinajstić information content (AvgIpc) is 3.41. The highest BCUT2D eigenvalue weighted by Crippen LogP contribution is 2.49. The van der Waals surface area contributed by atoms with Gasteiger partial charge in [-0.2, -0.15) is 0 Å². The van der Waals surface area contributed by atoms with E-state index in [1.165, 1.54) is 111 Å². The first-order valence-corrected chi connectivity index (χ1v) is 23.6. The molecular weight excluding hydrogens is 820 g/mol. The summed E-state index contributed by atoms with van der Waals surface area (Å²) in [4.78, 5) is 5.11. The van der Waals surface area contributed by atoms with E-state index in [2.05, 4.69) is 272 Å². The summed E-state index contributed by atoms with van der Waals surface area (Å²) in [6, 6.07) is 94.1. The molecule has 0 aliphatic carbocycles. The van der Waals surface area contributed by atoms with Gasteiger partial charge in [-0.25, -0.2) is 0 Å². The standard InChI is InChI=1S/C65H45BN2/c1-44-39-63-65-64(40-44)68(60-36-31-51(46-19-8-3-9-20-46)41-57(60)56-28-16-26-50-25-14-15-27-55(50)56)62-38-33-53(48-23-12-5-13-24-48)43-59(62)66(65)58-42-52(47-21-10-4-11-22-47)32-37-61(58)67(63)54-34-29-49(30-35-54)45-17-6-2-7-18-45/h2-43H,1H3. The van der Waals surface area contributed by atoms with Gasteiger partial charge < -0.3 is 9.80 Å². The van der Waals surface area contributed by atoms with Crippen LogP contribution in [0, 0.1) is 6.92 Å². The van der Waals surface area contributed by atoms with E-state index >= 15 is 0 Å². The number of nitrogens with zero attached hydrogens (tertiary/aromatic N) is 2.